The van der Waals surface area contributed by atoms with E-state index >= 15 is 0 Å². The van der Waals surface area contributed by atoms with Gasteiger partial charge >= 0.3 is 5.69 Å². The maximum atomic E-state index is 11.7. The van der Waals surface area contributed by atoms with Crippen molar-refractivity contribution in [2.45, 2.75) is 26.2 Å². The van der Waals surface area contributed by atoms with Crippen LogP contribution in [0.1, 0.15) is 26.5 Å². The Morgan fingerprint density at radius 2 is 1.75 bits per heavy atom. The molecule has 0 amide bonds. The molecule has 0 aliphatic rings. The zero-order valence-electron chi connectivity index (χ0n) is 10.4. The Bertz CT molecular complexity index is 599. The van der Waals surface area contributed by atoms with E-state index < -0.39 is 0 Å². The number of hydrogen-bond donors (Lipinski definition) is 0. The topological polar surface area (TPSA) is 39.8 Å². The average molecular weight is 219 g/mol. The highest BCUT2D eigenvalue weighted by atomic mass is 16.1. The van der Waals surface area contributed by atoms with Gasteiger partial charge in [0.1, 0.15) is 0 Å². The first-order chi connectivity index (χ1) is 7.32. The quantitative estimate of drug-likeness (QED) is 0.674. The summed E-state index contributed by atoms with van der Waals surface area (Å²) in [5.41, 5.74) is 2.59. The van der Waals surface area contributed by atoms with Crippen molar-refractivity contribution in [1.82, 2.24) is 14.1 Å². The molecule has 2 aromatic heterocycles. The summed E-state index contributed by atoms with van der Waals surface area (Å²) in [6, 6.07) is 3.95. The molecule has 0 spiro atoms. The van der Waals surface area contributed by atoms with Crippen molar-refractivity contribution < 1.29 is 0 Å². The third kappa shape index (κ3) is 1.45. The Kier molecular flexibility index (Phi) is 2.19. The minimum Gasteiger partial charge on any atom is -0.293 e. The van der Waals surface area contributed by atoms with Crippen molar-refractivity contribution in [3.63, 3.8) is 0 Å². The van der Waals surface area contributed by atoms with Crippen molar-refractivity contribution >= 4 is 11.2 Å². The molecule has 0 bridgehead atoms. The Morgan fingerprint density at radius 1 is 1.12 bits per heavy atom. The first-order valence-corrected chi connectivity index (χ1v) is 5.35. The van der Waals surface area contributed by atoms with Crippen molar-refractivity contribution in [3.05, 3.63) is 28.3 Å². The molecule has 0 saturated heterocycles. The Morgan fingerprint density at radius 3 is 2.31 bits per heavy atom. The second kappa shape index (κ2) is 3.20. The van der Waals surface area contributed by atoms with Gasteiger partial charge in [0, 0.05) is 25.2 Å². The normalized spacial score (nSPS) is 12.3. The van der Waals surface area contributed by atoms with Crippen LogP contribution in [0.5, 0.6) is 0 Å². The van der Waals surface area contributed by atoms with Crippen molar-refractivity contribution in [2.24, 2.45) is 14.1 Å². The molecule has 0 fully saturated rings. The van der Waals surface area contributed by atoms with Gasteiger partial charge in [-0.1, -0.05) is 20.8 Å². The number of rotatable bonds is 0. The standard InChI is InChI=1S/C12H17N3O/c1-12(2,3)9-7-6-8-10(13-9)15(5)11(16)14(8)4/h6-7H,1-5H3. The van der Waals surface area contributed by atoms with Gasteiger partial charge in [-0.05, 0) is 12.1 Å². The van der Waals surface area contributed by atoms with Crippen LogP contribution in [0.25, 0.3) is 11.2 Å². The summed E-state index contributed by atoms with van der Waals surface area (Å²) in [4.78, 5) is 16.3. The lowest BCUT2D eigenvalue weighted by Gasteiger charge is -2.17. The molecule has 16 heavy (non-hydrogen) atoms. The molecular weight excluding hydrogens is 202 g/mol. The highest BCUT2D eigenvalue weighted by molar-refractivity contribution is 5.71. The van der Waals surface area contributed by atoms with Crippen LogP contribution in [0.3, 0.4) is 0 Å². The van der Waals surface area contributed by atoms with Gasteiger partial charge < -0.3 is 0 Å². The van der Waals surface area contributed by atoms with E-state index in [9.17, 15) is 4.79 Å². The molecular formula is C12H17N3O. The summed E-state index contributed by atoms with van der Waals surface area (Å²) < 4.78 is 3.21. The second-order valence-corrected chi connectivity index (χ2v) is 5.19. The fraction of sp³-hybridized carbons (Fsp3) is 0.500. The Labute approximate surface area is 94.5 Å². The van der Waals surface area contributed by atoms with E-state index in [2.05, 4.69) is 25.8 Å². The van der Waals surface area contributed by atoms with Crippen LogP contribution in [0.4, 0.5) is 0 Å². The Hall–Kier alpha value is -1.58. The maximum Gasteiger partial charge on any atom is 0.329 e. The maximum absolute atomic E-state index is 11.7. The van der Waals surface area contributed by atoms with Crippen LogP contribution in [0, 0.1) is 0 Å². The lowest BCUT2D eigenvalue weighted by atomic mass is 9.92. The third-order valence-corrected chi connectivity index (χ3v) is 2.88. The van der Waals surface area contributed by atoms with Gasteiger partial charge in [-0.15, -0.1) is 0 Å². The molecule has 2 rings (SSSR count). The lowest BCUT2D eigenvalue weighted by molar-refractivity contribution is 0.570. The van der Waals surface area contributed by atoms with Crippen LogP contribution in [-0.2, 0) is 19.5 Å². The van der Waals surface area contributed by atoms with Gasteiger partial charge in [0.05, 0.1) is 5.52 Å². The van der Waals surface area contributed by atoms with Crippen molar-refractivity contribution in [1.29, 1.82) is 0 Å². The van der Waals surface area contributed by atoms with Gasteiger partial charge in [-0.2, -0.15) is 0 Å². The number of imidazole rings is 1. The third-order valence-electron chi connectivity index (χ3n) is 2.88. The highest BCUT2D eigenvalue weighted by Gasteiger charge is 2.17. The summed E-state index contributed by atoms with van der Waals surface area (Å²) in [5.74, 6) is 0. The number of aromatic nitrogens is 3. The predicted octanol–water partition coefficient (Wildman–Crippen LogP) is 1.57. The minimum atomic E-state index is -0.0337. The molecule has 0 aliphatic carbocycles. The van der Waals surface area contributed by atoms with E-state index in [0.717, 1.165) is 16.9 Å². The molecule has 0 aliphatic heterocycles. The summed E-state index contributed by atoms with van der Waals surface area (Å²) >= 11 is 0. The van der Waals surface area contributed by atoms with Gasteiger partial charge in [0.25, 0.3) is 0 Å². The molecule has 86 valence electrons. The van der Waals surface area contributed by atoms with E-state index in [1.54, 1.807) is 23.2 Å². The molecule has 4 nitrogen and oxygen atoms in total. The number of aryl methyl sites for hydroxylation is 2. The van der Waals surface area contributed by atoms with Gasteiger partial charge in [0.15, 0.2) is 5.65 Å². The molecule has 2 aromatic rings. The van der Waals surface area contributed by atoms with E-state index in [0.29, 0.717) is 0 Å². The lowest BCUT2D eigenvalue weighted by Crippen LogP contribution is -2.19. The fourth-order valence-corrected chi connectivity index (χ4v) is 1.79. The summed E-state index contributed by atoms with van der Waals surface area (Å²) in [6.45, 7) is 6.34. The van der Waals surface area contributed by atoms with Gasteiger partial charge in [-0.3, -0.25) is 9.13 Å². The molecule has 0 radical (unpaired) electrons. The zero-order chi connectivity index (χ0) is 12.1. The number of nitrogens with zero attached hydrogens (tertiary/aromatic N) is 3. The SMILES string of the molecule is Cn1c(=O)n(C)c2nc(C(C)(C)C)ccc21. The summed E-state index contributed by atoms with van der Waals surface area (Å²) in [6.07, 6.45) is 0. The first kappa shape index (κ1) is 10.9. The van der Waals surface area contributed by atoms with Gasteiger partial charge in [0.2, 0.25) is 0 Å². The molecule has 0 aromatic carbocycles. The van der Waals surface area contributed by atoms with E-state index in [-0.39, 0.29) is 11.1 Å². The molecule has 0 unspecified atom stereocenters. The van der Waals surface area contributed by atoms with Crippen LogP contribution < -0.4 is 5.69 Å². The molecule has 4 heteroatoms. The van der Waals surface area contributed by atoms with Crippen LogP contribution in [0.2, 0.25) is 0 Å². The number of fused-ring (bicyclic) bond motifs is 1. The van der Waals surface area contributed by atoms with Crippen LogP contribution in [-0.4, -0.2) is 14.1 Å². The summed E-state index contributed by atoms with van der Waals surface area (Å²) in [7, 11) is 3.52. The van der Waals surface area contributed by atoms with E-state index in [4.69, 9.17) is 0 Å². The number of hydrogen-bond acceptors (Lipinski definition) is 2. The second-order valence-electron chi connectivity index (χ2n) is 5.19. The summed E-state index contributed by atoms with van der Waals surface area (Å²) in [5, 5.41) is 0. The minimum absolute atomic E-state index is 0.0000784. The smallest absolute Gasteiger partial charge is 0.293 e. The van der Waals surface area contributed by atoms with E-state index in [1.807, 2.05) is 12.1 Å². The predicted molar refractivity (Wildman–Crippen MR) is 64.7 cm³/mol. The molecule has 2 heterocycles. The van der Waals surface area contributed by atoms with Crippen LogP contribution in [0.15, 0.2) is 16.9 Å². The highest BCUT2D eigenvalue weighted by Crippen LogP contribution is 2.22. The first-order valence-electron chi connectivity index (χ1n) is 5.35. The van der Waals surface area contributed by atoms with Crippen LogP contribution >= 0.6 is 0 Å². The Balaban J connectivity index is 2.82. The largest absolute Gasteiger partial charge is 0.329 e. The number of pyridine rings is 1. The van der Waals surface area contributed by atoms with Gasteiger partial charge in [-0.25, -0.2) is 9.78 Å². The fourth-order valence-electron chi connectivity index (χ4n) is 1.79. The van der Waals surface area contributed by atoms with E-state index in [1.165, 1.54) is 0 Å². The molecule has 0 atom stereocenters. The monoisotopic (exact) mass is 219 g/mol. The zero-order valence-corrected chi connectivity index (χ0v) is 10.4. The van der Waals surface area contributed by atoms with Crippen molar-refractivity contribution in [3.8, 4) is 0 Å². The molecule has 0 saturated carbocycles. The van der Waals surface area contributed by atoms with Crippen molar-refractivity contribution in [2.75, 3.05) is 0 Å². The molecule has 0 N–H and O–H groups in total. The average Bonchev–Trinajstić information content (AvgIpc) is 2.43.